The summed E-state index contributed by atoms with van der Waals surface area (Å²) < 4.78 is 30.4. The highest BCUT2D eigenvalue weighted by Crippen LogP contribution is 2.29. The average molecular weight is 452 g/mol. The molecule has 1 fully saturated rings. The highest BCUT2D eigenvalue weighted by molar-refractivity contribution is 9.10. The van der Waals surface area contributed by atoms with Crippen molar-refractivity contribution in [2.24, 2.45) is 0 Å². The fourth-order valence-electron chi connectivity index (χ4n) is 3.00. The number of amides is 1. The van der Waals surface area contributed by atoms with Crippen LogP contribution in [0, 0.1) is 5.82 Å². The largest absolute Gasteiger partial charge is 0.493 e. The van der Waals surface area contributed by atoms with Gasteiger partial charge in [-0.3, -0.25) is 4.79 Å². The Balaban J connectivity index is 1.53. The number of ether oxygens (including phenoxy) is 3. The van der Waals surface area contributed by atoms with Gasteiger partial charge in [0.1, 0.15) is 12.4 Å². The van der Waals surface area contributed by atoms with Crippen LogP contribution in [0.25, 0.3) is 0 Å². The Morgan fingerprint density at radius 2 is 2.07 bits per heavy atom. The molecule has 5 nitrogen and oxygen atoms in total. The Morgan fingerprint density at radius 3 is 2.79 bits per heavy atom. The van der Waals surface area contributed by atoms with Crippen LogP contribution in [-0.4, -0.2) is 32.3 Å². The van der Waals surface area contributed by atoms with Crippen molar-refractivity contribution < 1.29 is 23.4 Å². The van der Waals surface area contributed by atoms with Crippen molar-refractivity contribution in [2.75, 3.05) is 20.3 Å². The molecule has 0 radical (unpaired) electrons. The lowest BCUT2D eigenvalue weighted by Crippen LogP contribution is -2.24. The number of carbonyl (C=O) groups excluding carboxylic acids is 1. The van der Waals surface area contributed by atoms with Gasteiger partial charge in [-0.05, 0) is 64.2 Å². The highest BCUT2D eigenvalue weighted by Gasteiger charge is 2.17. The van der Waals surface area contributed by atoms with Crippen LogP contribution in [0.15, 0.2) is 40.9 Å². The highest BCUT2D eigenvalue weighted by atomic mass is 79.9. The quantitative estimate of drug-likeness (QED) is 0.658. The van der Waals surface area contributed by atoms with Crippen LogP contribution in [0.4, 0.5) is 4.39 Å². The standard InChI is InChI=1S/C21H23BrFNO4/c1-26-20-10-15(5-7-19(20)28-13-16-3-2-8-27-16)12-24-21(25)11-14-4-6-18(23)17(22)9-14/h4-7,9-10,16H,2-3,8,11-13H2,1H3,(H,24,25). The SMILES string of the molecule is COc1cc(CNC(=O)Cc2ccc(F)c(Br)c2)ccc1OCC1CCCO1. The van der Waals surface area contributed by atoms with Crippen molar-refractivity contribution in [3.05, 3.63) is 57.8 Å². The maximum atomic E-state index is 13.3. The zero-order valence-electron chi connectivity index (χ0n) is 15.7. The molecule has 7 heteroatoms. The van der Waals surface area contributed by atoms with E-state index in [0.29, 0.717) is 29.1 Å². The van der Waals surface area contributed by atoms with Crippen molar-refractivity contribution in [3.63, 3.8) is 0 Å². The van der Waals surface area contributed by atoms with E-state index in [1.54, 1.807) is 19.2 Å². The van der Waals surface area contributed by atoms with E-state index in [-0.39, 0.29) is 24.2 Å². The van der Waals surface area contributed by atoms with Crippen molar-refractivity contribution >= 4 is 21.8 Å². The van der Waals surface area contributed by atoms with Gasteiger partial charge in [-0.25, -0.2) is 4.39 Å². The number of hydrogen-bond acceptors (Lipinski definition) is 4. The molecule has 0 spiro atoms. The molecule has 1 N–H and O–H groups in total. The predicted molar refractivity (Wildman–Crippen MR) is 107 cm³/mol. The van der Waals surface area contributed by atoms with Crippen LogP contribution < -0.4 is 14.8 Å². The third kappa shape index (κ3) is 5.69. The number of carbonyl (C=O) groups is 1. The molecule has 2 aromatic carbocycles. The van der Waals surface area contributed by atoms with Gasteiger partial charge in [-0.2, -0.15) is 0 Å². The Kier molecular flexibility index (Phi) is 7.28. The monoisotopic (exact) mass is 451 g/mol. The van der Waals surface area contributed by atoms with Gasteiger partial charge in [0.2, 0.25) is 5.91 Å². The average Bonchev–Trinajstić information content (AvgIpc) is 3.21. The molecule has 1 aliphatic rings. The van der Waals surface area contributed by atoms with Crippen LogP contribution in [0.3, 0.4) is 0 Å². The summed E-state index contributed by atoms with van der Waals surface area (Å²) >= 11 is 3.13. The zero-order chi connectivity index (χ0) is 19.9. The molecule has 28 heavy (non-hydrogen) atoms. The van der Waals surface area contributed by atoms with Gasteiger partial charge in [0.25, 0.3) is 0 Å². The predicted octanol–water partition coefficient (Wildman–Crippen LogP) is 4.01. The molecule has 1 amide bonds. The van der Waals surface area contributed by atoms with E-state index in [1.807, 2.05) is 18.2 Å². The first kappa shape index (κ1) is 20.6. The minimum Gasteiger partial charge on any atom is -0.493 e. The van der Waals surface area contributed by atoms with Gasteiger partial charge in [0.15, 0.2) is 11.5 Å². The first-order valence-corrected chi connectivity index (χ1v) is 9.96. The molecule has 0 aromatic heterocycles. The summed E-state index contributed by atoms with van der Waals surface area (Å²) in [7, 11) is 1.59. The number of nitrogens with one attached hydrogen (secondary N) is 1. The van der Waals surface area contributed by atoms with Gasteiger partial charge in [-0.15, -0.1) is 0 Å². The van der Waals surface area contributed by atoms with E-state index in [1.165, 1.54) is 6.07 Å². The second-order valence-corrected chi connectivity index (χ2v) is 7.49. The Labute approximate surface area is 172 Å². The lowest BCUT2D eigenvalue weighted by Gasteiger charge is -2.15. The second kappa shape index (κ2) is 9.89. The lowest BCUT2D eigenvalue weighted by molar-refractivity contribution is -0.120. The number of methoxy groups -OCH3 is 1. The van der Waals surface area contributed by atoms with Crippen molar-refractivity contribution in [3.8, 4) is 11.5 Å². The van der Waals surface area contributed by atoms with Crippen molar-refractivity contribution in [2.45, 2.75) is 31.9 Å². The Morgan fingerprint density at radius 1 is 1.25 bits per heavy atom. The molecule has 1 heterocycles. The molecule has 0 bridgehead atoms. The summed E-state index contributed by atoms with van der Waals surface area (Å²) in [5.41, 5.74) is 1.64. The summed E-state index contributed by atoms with van der Waals surface area (Å²) in [6.45, 7) is 1.65. The van der Waals surface area contributed by atoms with E-state index in [9.17, 15) is 9.18 Å². The van der Waals surface area contributed by atoms with Gasteiger partial charge < -0.3 is 19.5 Å². The number of hydrogen-bond donors (Lipinski definition) is 1. The Hall–Kier alpha value is -2.12. The van der Waals surface area contributed by atoms with Crippen LogP contribution in [0.2, 0.25) is 0 Å². The van der Waals surface area contributed by atoms with Gasteiger partial charge >= 0.3 is 0 Å². The third-order valence-corrected chi connectivity index (χ3v) is 5.12. The molecule has 0 saturated carbocycles. The molecule has 0 aliphatic carbocycles. The molecule has 1 aliphatic heterocycles. The van der Waals surface area contributed by atoms with Gasteiger partial charge in [0.05, 0.1) is 24.1 Å². The number of halogens is 2. The minimum atomic E-state index is -0.349. The first-order chi connectivity index (χ1) is 13.5. The first-order valence-electron chi connectivity index (χ1n) is 9.17. The smallest absolute Gasteiger partial charge is 0.224 e. The van der Waals surface area contributed by atoms with E-state index in [4.69, 9.17) is 14.2 Å². The molecule has 1 unspecified atom stereocenters. The topological polar surface area (TPSA) is 56.8 Å². The summed E-state index contributed by atoms with van der Waals surface area (Å²) in [5, 5.41) is 2.86. The minimum absolute atomic E-state index is 0.134. The van der Waals surface area contributed by atoms with E-state index < -0.39 is 0 Å². The zero-order valence-corrected chi connectivity index (χ0v) is 17.3. The van der Waals surface area contributed by atoms with Crippen LogP contribution in [-0.2, 0) is 22.5 Å². The molecule has 2 aromatic rings. The lowest BCUT2D eigenvalue weighted by atomic mass is 10.1. The van der Waals surface area contributed by atoms with Crippen LogP contribution >= 0.6 is 15.9 Å². The van der Waals surface area contributed by atoms with Crippen LogP contribution in [0.1, 0.15) is 24.0 Å². The summed E-state index contributed by atoms with van der Waals surface area (Å²) in [6, 6.07) is 10.1. The van der Waals surface area contributed by atoms with Crippen molar-refractivity contribution in [1.82, 2.24) is 5.32 Å². The molecular formula is C21H23BrFNO4. The van der Waals surface area contributed by atoms with E-state index >= 15 is 0 Å². The maximum Gasteiger partial charge on any atom is 0.224 e. The summed E-state index contributed by atoms with van der Waals surface area (Å²) in [6.07, 6.45) is 2.39. The molecule has 1 atom stereocenters. The van der Waals surface area contributed by atoms with E-state index in [2.05, 4.69) is 21.2 Å². The number of benzene rings is 2. The molecular weight excluding hydrogens is 429 g/mol. The molecule has 150 valence electrons. The normalized spacial score (nSPS) is 16.0. The second-order valence-electron chi connectivity index (χ2n) is 6.63. The fourth-order valence-corrected chi connectivity index (χ4v) is 3.42. The number of rotatable bonds is 8. The van der Waals surface area contributed by atoms with E-state index in [0.717, 1.165) is 30.6 Å². The van der Waals surface area contributed by atoms with Crippen molar-refractivity contribution in [1.29, 1.82) is 0 Å². The molecule has 3 rings (SSSR count). The summed E-state index contributed by atoms with van der Waals surface area (Å²) in [4.78, 5) is 12.2. The van der Waals surface area contributed by atoms with Crippen LogP contribution in [0.5, 0.6) is 11.5 Å². The fraction of sp³-hybridized carbons (Fsp3) is 0.381. The van der Waals surface area contributed by atoms with Gasteiger partial charge in [-0.1, -0.05) is 12.1 Å². The third-order valence-electron chi connectivity index (χ3n) is 4.52. The maximum absolute atomic E-state index is 13.3. The summed E-state index contributed by atoms with van der Waals surface area (Å²) in [5.74, 6) is 0.783. The Bertz CT molecular complexity index is 824. The van der Waals surface area contributed by atoms with Gasteiger partial charge in [0, 0.05) is 13.2 Å². The molecule has 1 saturated heterocycles.